The Labute approximate surface area is 162 Å². The van der Waals surface area contributed by atoms with E-state index in [1.165, 1.54) is 5.56 Å². The number of carbonyl (C=O) groups excluding carboxylic acids is 1. The lowest BCUT2D eigenvalue weighted by Crippen LogP contribution is -2.39. The van der Waals surface area contributed by atoms with Crippen LogP contribution in [0.5, 0.6) is 5.75 Å². The average Bonchev–Trinajstić information content (AvgIpc) is 2.73. The molecular formula is C23H30N2O2. The van der Waals surface area contributed by atoms with Gasteiger partial charge in [0.15, 0.2) is 0 Å². The molecule has 1 heterocycles. The van der Waals surface area contributed by atoms with Crippen LogP contribution in [-0.4, -0.2) is 43.1 Å². The number of carbonyl (C=O) groups is 1. The van der Waals surface area contributed by atoms with E-state index in [2.05, 4.69) is 40.5 Å². The molecule has 2 aromatic carbocycles. The van der Waals surface area contributed by atoms with Crippen molar-refractivity contribution in [1.29, 1.82) is 0 Å². The Morgan fingerprint density at radius 1 is 1.07 bits per heavy atom. The highest BCUT2D eigenvalue weighted by Gasteiger charge is 2.20. The van der Waals surface area contributed by atoms with Gasteiger partial charge in [0.1, 0.15) is 11.9 Å². The third-order valence-corrected chi connectivity index (χ3v) is 5.05. The summed E-state index contributed by atoms with van der Waals surface area (Å²) in [5.74, 6) is 0.833. The van der Waals surface area contributed by atoms with Crippen LogP contribution in [0.1, 0.15) is 42.1 Å². The molecule has 0 saturated carbocycles. The molecule has 0 radical (unpaired) electrons. The highest BCUT2D eigenvalue weighted by Crippen LogP contribution is 2.20. The molecule has 0 aliphatic carbocycles. The van der Waals surface area contributed by atoms with Crippen LogP contribution < -0.4 is 10.1 Å². The second-order valence-corrected chi connectivity index (χ2v) is 7.17. The Hall–Kier alpha value is -2.33. The van der Waals surface area contributed by atoms with Gasteiger partial charge in [0.05, 0.1) is 0 Å². The predicted molar refractivity (Wildman–Crippen MR) is 109 cm³/mol. The number of nitrogens with one attached hydrogen (secondary N) is 1. The van der Waals surface area contributed by atoms with Crippen LogP contribution in [0.2, 0.25) is 0 Å². The van der Waals surface area contributed by atoms with Crippen LogP contribution >= 0.6 is 0 Å². The highest BCUT2D eigenvalue weighted by atomic mass is 16.5. The number of amides is 1. The summed E-state index contributed by atoms with van der Waals surface area (Å²) in [6, 6.07) is 18.2. The first-order chi connectivity index (χ1) is 13.2. The zero-order valence-electron chi connectivity index (χ0n) is 16.2. The monoisotopic (exact) mass is 366 g/mol. The van der Waals surface area contributed by atoms with Crippen LogP contribution in [0.25, 0.3) is 0 Å². The molecule has 1 aliphatic rings. The van der Waals surface area contributed by atoms with E-state index in [1.54, 1.807) is 0 Å². The van der Waals surface area contributed by atoms with E-state index in [9.17, 15) is 4.79 Å². The van der Waals surface area contributed by atoms with Crippen molar-refractivity contribution in [2.24, 2.45) is 0 Å². The van der Waals surface area contributed by atoms with Gasteiger partial charge in [-0.3, -0.25) is 4.79 Å². The third-order valence-electron chi connectivity index (χ3n) is 5.05. The minimum Gasteiger partial charge on any atom is -0.490 e. The Balaban J connectivity index is 1.40. The highest BCUT2D eigenvalue weighted by molar-refractivity contribution is 5.94. The van der Waals surface area contributed by atoms with E-state index in [4.69, 9.17) is 4.74 Å². The smallest absolute Gasteiger partial charge is 0.251 e. The van der Waals surface area contributed by atoms with Crippen molar-refractivity contribution < 1.29 is 9.53 Å². The Bertz CT molecular complexity index is 692. The molecule has 27 heavy (non-hydrogen) atoms. The van der Waals surface area contributed by atoms with Gasteiger partial charge in [-0.05, 0) is 55.5 Å². The van der Waals surface area contributed by atoms with Crippen molar-refractivity contribution in [3.8, 4) is 5.75 Å². The Morgan fingerprint density at radius 2 is 1.78 bits per heavy atom. The molecule has 0 aromatic heterocycles. The normalized spacial score (nSPS) is 15.4. The first kappa shape index (κ1) is 19.4. The number of likely N-dealkylation sites (tertiary alicyclic amines) is 1. The van der Waals surface area contributed by atoms with Crippen LogP contribution in [0.15, 0.2) is 54.6 Å². The second kappa shape index (κ2) is 10.1. The molecule has 0 unspecified atom stereocenters. The minimum atomic E-state index is -0.0184. The summed E-state index contributed by atoms with van der Waals surface area (Å²) in [5, 5.41) is 2.89. The SMILES string of the molecule is CCCNC(=O)c1ccc(OC2CCN(CCc3ccccc3)CC2)cc1. The van der Waals surface area contributed by atoms with Crippen molar-refractivity contribution in [1.82, 2.24) is 10.2 Å². The molecular weight excluding hydrogens is 336 g/mol. The average molecular weight is 367 g/mol. The maximum atomic E-state index is 11.9. The molecule has 0 atom stereocenters. The number of nitrogens with zero attached hydrogens (tertiary/aromatic N) is 1. The summed E-state index contributed by atoms with van der Waals surface area (Å²) in [6.07, 6.45) is 4.41. The summed E-state index contributed by atoms with van der Waals surface area (Å²) in [5.41, 5.74) is 2.09. The maximum absolute atomic E-state index is 11.9. The van der Waals surface area contributed by atoms with Crippen LogP contribution in [0.3, 0.4) is 0 Å². The summed E-state index contributed by atoms with van der Waals surface area (Å²) in [6.45, 7) is 6.02. The lowest BCUT2D eigenvalue weighted by atomic mass is 10.1. The van der Waals surface area contributed by atoms with Gasteiger partial charge in [-0.15, -0.1) is 0 Å². The standard InChI is InChI=1S/C23H30N2O2/c1-2-15-24-23(26)20-8-10-21(11-9-20)27-22-13-17-25(18-14-22)16-12-19-6-4-3-5-7-19/h3-11,22H,2,12-18H2,1H3,(H,24,26). The largest absolute Gasteiger partial charge is 0.490 e. The van der Waals surface area contributed by atoms with Crippen molar-refractivity contribution in [3.05, 3.63) is 65.7 Å². The van der Waals surface area contributed by atoms with Crippen molar-refractivity contribution in [2.75, 3.05) is 26.2 Å². The summed E-state index contributed by atoms with van der Waals surface area (Å²) < 4.78 is 6.12. The van der Waals surface area contributed by atoms with E-state index < -0.39 is 0 Å². The van der Waals surface area contributed by atoms with Gasteiger partial charge < -0.3 is 15.0 Å². The zero-order valence-corrected chi connectivity index (χ0v) is 16.2. The Morgan fingerprint density at radius 3 is 2.44 bits per heavy atom. The topological polar surface area (TPSA) is 41.6 Å². The quantitative estimate of drug-likeness (QED) is 0.770. The van der Waals surface area contributed by atoms with Crippen LogP contribution in [0, 0.1) is 0 Å². The number of rotatable bonds is 8. The van der Waals surface area contributed by atoms with Gasteiger partial charge in [0.25, 0.3) is 5.91 Å². The molecule has 3 rings (SSSR count). The molecule has 144 valence electrons. The van der Waals surface area contributed by atoms with E-state index in [0.717, 1.165) is 51.1 Å². The maximum Gasteiger partial charge on any atom is 0.251 e. The lowest BCUT2D eigenvalue weighted by molar-refractivity contribution is 0.0953. The van der Waals surface area contributed by atoms with E-state index in [0.29, 0.717) is 12.1 Å². The number of piperidine rings is 1. The molecule has 0 spiro atoms. The number of hydrogen-bond donors (Lipinski definition) is 1. The predicted octanol–water partition coefficient (Wildman–Crippen LogP) is 3.91. The van der Waals surface area contributed by atoms with Crippen molar-refractivity contribution >= 4 is 5.91 Å². The molecule has 4 nitrogen and oxygen atoms in total. The third kappa shape index (κ3) is 6.10. The molecule has 0 bridgehead atoms. The van der Waals surface area contributed by atoms with Gasteiger partial charge in [0.2, 0.25) is 0 Å². The Kier molecular flexibility index (Phi) is 7.28. The van der Waals surface area contributed by atoms with E-state index in [-0.39, 0.29) is 12.0 Å². The zero-order chi connectivity index (χ0) is 18.9. The summed E-state index contributed by atoms with van der Waals surface area (Å²) >= 11 is 0. The fourth-order valence-electron chi connectivity index (χ4n) is 3.40. The van der Waals surface area contributed by atoms with Gasteiger partial charge in [-0.25, -0.2) is 0 Å². The fraction of sp³-hybridized carbons (Fsp3) is 0.435. The molecule has 1 amide bonds. The van der Waals surface area contributed by atoms with E-state index in [1.807, 2.05) is 31.2 Å². The van der Waals surface area contributed by atoms with Crippen molar-refractivity contribution in [3.63, 3.8) is 0 Å². The summed E-state index contributed by atoms with van der Waals surface area (Å²) in [7, 11) is 0. The van der Waals surface area contributed by atoms with Crippen LogP contribution in [-0.2, 0) is 6.42 Å². The first-order valence-corrected chi connectivity index (χ1v) is 10.1. The molecule has 1 N–H and O–H groups in total. The van der Waals surface area contributed by atoms with Gasteiger partial charge in [0, 0.05) is 31.7 Å². The number of benzene rings is 2. The minimum absolute atomic E-state index is 0.0184. The second-order valence-electron chi connectivity index (χ2n) is 7.17. The number of ether oxygens (including phenoxy) is 1. The van der Waals surface area contributed by atoms with Gasteiger partial charge >= 0.3 is 0 Å². The molecule has 2 aromatic rings. The molecule has 4 heteroatoms. The summed E-state index contributed by atoms with van der Waals surface area (Å²) in [4.78, 5) is 14.5. The van der Waals surface area contributed by atoms with E-state index >= 15 is 0 Å². The fourth-order valence-corrected chi connectivity index (χ4v) is 3.40. The first-order valence-electron chi connectivity index (χ1n) is 10.1. The van der Waals surface area contributed by atoms with Crippen LogP contribution in [0.4, 0.5) is 0 Å². The number of hydrogen-bond acceptors (Lipinski definition) is 3. The molecule has 1 saturated heterocycles. The molecule has 1 aliphatic heterocycles. The van der Waals surface area contributed by atoms with Gasteiger partial charge in [-0.2, -0.15) is 0 Å². The van der Waals surface area contributed by atoms with Gasteiger partial charge in [-0.1, -0.05) is 37.3 Å². The lowest BCUT2D eigenvalue weighted by Gasteiger charge is -2.32. The van der Waals surface area contributed by atoms with Crippen molar-refractivity contribution in [2.45, 2.75) is 38.7 Å². The molecule has 1 fully saturated rings.